The van der Waals surface area contributed by atoms with Gasteiger partial charge < -0.3 is 20.6 Å². The van der Waals surface area contributed by atoms with Gasteiger partial charge in [0, 0.05) is 0 Å². The van der Waals surface area contributed by atoms with Gasteiger partial charge in [-0.3, -0.25) is 0 Å². The number of hydrogen-bond donors (Lipinski definition) is 0. The molecule has 1 fully saturated rings. The average molecular weight is 236 g/mol. The molecule has 0 amide bonds. The van der Waals surface area contributed by atoms with Crippen LogP contribution in [0.5, 0.6) is 0 Å². The van der Waals surface area contributed by atoms with Crippen molar-refractivity contribution in [1.82, 2.24) is 0 Å². The molecule has 0 aliphatic carbocycles. The van der Waals surface area contributed by atoms with Crippen LogP contribution in [-0.4, -0.2) is 55.9 Å². The second kappa shape index (κ2) is 6.59. The summed E-state index contributed by atoms with van der Waals surface area (Å²) in [5.74, 6) is 0. The van der Waals surface area contributed by atoms with Crippen molar-refractivity contribution in [3.05, 3.63) is 0 Å². The van der Waals surface area contributed by atoms with Crippen molar-refractivity contribution in [3.63, 3.8) is 0 Å². The zero-order chi connectivity index (χ0) is 11.5. The lowest BCUT2D eigenvalue weighted by Gasteiger charge is -2.10. The lowest BCUT2D eigenvalue weighted by molar-refractivity contribution is 0.347. The van der Waals surface area contributed by atoms with Crippen molar-refractivity contribution in [2.24, 2.45) is 0 Å². The lowest BCUT2D eigenvalue weighted by Crippen LogP contribution is -2.23. The van der Waals surface area contributed by atoms with Crippen LogP contribution in [0.3, 0.4) is 0 Å². The van der Waals surface area contributed by atoms with Gasteiger partial charge in [0.25, 0.3) is 49.7 Å². The monoisotopic (exact) mass is 235 g/mol. The van der Waals surface area contributed by atoms with Gasteiger partial charge >= 0.3 is 0 Å². The number of rotatable bonds is 0. The minimum absolute atomic E-state index is 1.39. The van der Waals surface area contributed by atoms with E-state index in [-0.39, 0.29) is 0 Å². The molecule has 1 atom stereocenters. The molecule has 10 heavy (non-hydrogen) atoms. The molecular formula is H10O5Si5. The number of hydrogen-bond acceptors (Lipinski definition) is 5. The summed E-state index contributed by atoms with van der Waals surface area (Å²) in [5.41, 5.74) is 0. The van der Waals surface area contributed by atoms with Crippen molar-refractivity contribution < 1.29 is 20.6 Å². The van der Waals surface area contributed by atoms with Crippen LogP contribution in [0.1, 0.15) is 0 Å². The zero-order valence-electron chi connectivity index (χ0n) is 10.0. The van der Waals surface area contributed by atoms with E-state index in [4.69, 9.17) is 18.5 Å². The Kier molecular flexibility index (Phi) is 2.78. The Balaban J connectivity index is 2.64. The van der Waals surface area contributed by atoms with Gasteiger partial charge in [-0.15, -0.1) is 0 Å². The predicted molar refractivity (Wildman–Crippen MR) is 48.1 cm³/mol. The van der Waals surface area contributed by atoms with E-state index in [1.807, 2.05) is 0 Å². The highest BCUT2D eigenvalue weighted by atomic mass is 28.4. The minimum atomic E-state index is -4.13. The molecule has 0 spiro atoms. The molecule has 10 heteroatoms. The molecule has 5 nitrogen and oxygen atoms in total. The van der Waals surface area contributed by atoms with Crippen LogP contribution in [-0.2, 0) is 20.6 Å². The molecule has 0 saturated carbocycles. The summed E-state index contributed by atoms with van der Waals surface area (Å²) in [7, 11) is -13.9. The maximum absolute atomic E-state index is 7.32. The fourth-order valence-electron chi connectivity index (χ4n) is 0.300. The second-order valence-electron chi connectivity index (χ2n) is 1.23. The molecule has 0 aromatic rings. The minimum Gasteiger partial charge on any atom is -0.425 e. The van der Waals surface area contributed by atoms with Crippen molar-refractivity contribution >= 4 is 49.7 Å². The van der Waals surface area contributed by atoms with Gasteiger partial charge in [-0.05, 0) is 0 Å². The Morgan fingerprint density at radius 2 is 1.60 bits per heavy atom. The van der Waals surface area contributed by atoms with Gasteiger partial charge in [0.05, 0.1) is 6.17 Å². The summed E-state index contributed by atoms with van der Waals surface area (Å²) >= 11 is 0. The highest BCUT2D eigenvalue weighted by molar-refractivity contribution is 6.50. The fraction of sp³-hybridized carbons (Fsp3) is 0. The first kappa shape index (κ1) is 4.21. The Hall–Kier alpha value is 0.884. The molecular weight excluding hydrogens is 220 g/mol. The van der Waals surface area contributed by atoms with Crippen LogP contribution in [0.15, 0.2) is 0 Å². The first-order valence-electron chi connectivity index (χ1n) is 5.02. The summed E-state index contributed by atoms with van der Waals surface area (Å²) < 4.78 is 60.4. The molecule has 1 heterocycles. The van der Waals surface area contributed by atoms with E-state index >= 15 is 0 Å². The Bertz CT molecular complexity index is 212. The highest BCUT2D eigenvalue weighted by Gasteiger charge is 1.97. The van der Waals surface area contributed by atoms with Crippen molar-refractivity contribution in [3.8, 4) is 0 Å². The van der Waals surface area contributed by atoms with Gasteiger partial charge in [-0.2, -0.15) is 0 Å². The Morgan fingerprint density at radius 3 is 2.60 bits per heavy atom. The summed E-state index contributed by atoms with van der Waals surface area (Å²) in [6.45, 7) is 0. The molecule has 0 aromatic carbocycles. The molecule has 0 N–H and O–H groups in total. The molecule has 1 saturated heterocycles. The molecule has 1 aliphatic rings. The first-order chi connectivity index (χ1) is 6.81. The van der Waals surface area contributed by atoms with E-state index in [1.165, 1.54) is 0 Å². The second-order valence-corrected chi connectivity index (χ2v) is 8.11. The third-order valence-corrected chi connectivity index (χ3v) is 5.40. The van der Waals surface area contributed by atoms with Crippen LogP contribution in [0, 0.1) is 0 Å². The van der Waals surface area contributed by atoms with Crippen molar-refractivity contribution in [2.75, 3.05) is 0 Å². The maximum Gasteiger partial charge on any atom is 0.286 e. The van der Waals surface area contributed by atoms with E-state index < -0.39 is 49.7 Å². The maximum atomic E-state index is 7.32. The summed E-state index contributed by atoms with van der Waals surface area (Å²) in [6, 6.07) is 0. The topological polar surface area (TPSA) is 46.2 Å². The molecule has 1 unspecified atom stereocenters. The lowest BCUT2D eigenvalue weighted by atomic mass is 15.7. The molecule has 0 bridgehead atoms. The predicted octanol–water partition coefficient (Wildman–Crippen LogP) is -4.92. The largest absolute Gasteiger partial charge is 0.425 e. The van der Waals surface area contributed by atoms with E-state index in [0.717, 1.165) is 0 Å². The van der Waals surface area contributed by atoms with Crippen LogP contribution < -0.4 is 0 Å². The van der Waals surface area contributed by atoms with E-state index in [0.29, 0.717) is 0 Å². The van der Waals surface area contributed by atoms with Crippen molar-refractivity contribution in [2.45, 2.75) is 0 Å². The molecule has 1 aliphatic heterocycles. The molecule has 0 aromatic heterocycles. The van der Waals surface area contributed by atoms with Crippen LogP contribution >= 0.6 is 0 Å². The van der Waals surface area contributed by atoms with Gasteiger partial charge in [0.15, 0.2) is 0 Å². The zero-order valence-corrected chi connectivity index (χ0v) is 11.0. The van der Waals surface area contributed by atoms with Gasteiger partial charge in [0.2, 0.25) is 0 Å². The highest BCUT2D eigenvalue weighted by Crippen LogP contribution is 1.79. The van der Waals surface area contributed by atoms with Crippen LogP contribution in [0.25, 0.3) is 0 Å². The first-order valence-corrected chi connectivity index (χ1v) is 7.33. The van der Waals surface area contributed by atoms with E-state index in [9.17, 15) is 0 Å². The van der Waals surface area contributed by atoms with Crippen LogP contribution in [0.2, 0.25) is 0 Å². The average Bonchev–Trinajstić information content (AvgIpc) is 1.98. The summed E-state index contributed by atoms with van der Waals surface area (Å²) in [4.78, 5) is 0. The SMILES string of the molecule is [2H][SiH]1O[SiH2]O[SiH2]O[Si]([2H])([2H])O[Si]([2H])([2H])O1. The van der Waals surface area contributed by atoms with Gasteiger partial charge in [0.1, 0.15) is 0 Å². The molecule has 0 radical (unpaired) electrons. The standard InChI is InChI=1S/H10O5Si5/c1-6-2-8-4-10-5-9-3-7-1/h6-10H2/i6D,7D2,9D2. The molecule has 1 rings (SSSR count). The normalized spacial score (nSPS) is 53.6. The van der Waals surface area contributed by atoms with Gasteiger partial charge in [-0.25, -0.2) is 0 Å². The molecule has 60 valence electrons. The van der Waals surface area contributed by atoms with Gasteiger partial charge in [-0.1, -0.05) is 0 Å². The Morgan fingerprint density at radius 1 is 0.800 bits per heavy atom. The quantitative estimate of drug-likeness (QED) is 0.394. The summed E-state index contributed by atoms with van der Waals surface area (Å²) in [5, 5.41) is 0. The van der Waals surface area contributed by atoms with Crippen molar-refractivity contribution in [1.29, 1.82) is 6.17 Å². The summed E-state index contributed by atoms with van der Waals surface area (Å²) in [6.07, 6.45) is 0. The fourth-order valence-corrected chi connectivity index (χ4v) is 5.89. The van der Waals surface area contributed by atoms with Crippen LogP contribution in [0.4, 0.5) is 0 Å². The smallest absolute Gasteiger partial charge is 0.286 e. The third kappa shape index (κ3) is 4.66. The third-order valence-electron chi connectivity index (χ3n) is 0.600. The Labute approximate surface area is 77.2 Å². The van der Waals surface area contributed by atoms with E-state index in [2.05, 4.69) is 8.23 Å². The van der Waals surface area contributed by atoms with E-state index in [1.54, 1.807) is 0 Å².